The molecule has 1 aliphatic heterocycles. The van der Waals surface area contributed by atoms with Crippen LogP contribution in [0.15, 0.2) is 54.6 Å². The molecule has 0 bridgehead atoms. The summed E-state index contributed by atoms with van der Waals surface area (Å²) in [6, 6.07) is 18.8. The summed E-state index contributed by atoms with van der Waals surface area (Å²) < 4.78 is 5.56. The number of hydrogen-bond acceptors (Lipinski definition) is 4. The van der Waals surface area contributed by atoms with Gasteiger partial charge in [0.1, 0.15) is 11.4 Å². The van der Waals surface area contributed by atoms with E-state index in [4.69, 9.17) is 4.74 Å². The van der Waals surface area contributed by atoms with Crippen LogP contribution in [0.4, 0.5) is 5.69 Å². The molecule has 0 amide bonds. The van der Waals surface area contributed by atoms with E-state index in [0.29, 0.717) is 6.04 Å². The van der Waals surface area contributed by atoms with Gasteiger partial charge in [-0.05, 0) is 17.7 Å². The van der Waals surface area contributed by atoms with Crippen LogP contribution in [0.3, 0.4) is 0 Å². The largest absolute Gasteiger partial charge is 0.495 e. The molecular weight excluding hydrogens is 360 g/mol. The van der Waals surface area contributed by atoms with E-state index in [1.165, 1.54) is 5.69 Å². The van der Waals surface area contributed by atoms with E-state index in [1.54, 1.807) is 7.11 Å². The van der Waals surface area contributed by atoms with Crippen molar-refractivity contribution in [3.63, 3.8) is 0 Å². The zero-order valence-electron chi connectivity index (χ0n) is 18.4. The minimum atomic E-state index is -0.842. The fourth-order valence-corrected chi connectivity index (χ4v) is 6.50. The molecule has 1 aliphatic carbocycles. The molecule has 1 heterocycles. The Hall–Kier alpha value is -2.04. The quantitative estimate of drug-likeness (QED) is 0.845. The van der Waals surface area contributed by atoms with Crippen LogP contribution >= 0.6 is 0 Å². The summed E-state index contributed by atoms with van der Waals surface area (Å²) in [5.74, 6) is 0.934. The maximum atomic E-state index is 11.9. The summed E-state index contributed by atoms with van der Waals surface area (Å²) in [7, 11) is 1.74. The molecule has 156 valence electrons. The Kier molecular flexibility index (Phi) is 4.91. The van der Waals surface area contributed by atoms with E-state index < -0.39 is 5.60 Å². The lowest BCUT2D eigenvalue weighted by atomic mass is 9.39. The smallest absolute Gasteiger partial charge is 0.142 e. The van der Waals surface area contributed by atoms with Crippen LogP contribution in [0, 0.1) is 10.8 Å². The van der Waals surface area contributed by atoms with Crippen molar-refractivity contribution < 1.29 is 9.84 Å². The number of methoxy groups -OCH3 is 1. The Morgan fingerprint density at radius 1 is 0.828 bits per heavy atom. The number of rotatable bonds is 4. The number of para-hydroxylation sites is 2. The molecule has 2 aliphatic rings. The molecule has 4 nitrogen and oxygen atoms in total. The first kappa shape index (κ1) is 20.2. The number of hydrogen-bond donors (Lipinski definition) is 1. The normalized spacial score (nSPS) is 28.6. The molecule has 4 rings (SSSR count). The fraction of sp³-hybridized carbons (Fsp3) is 0.520. The molecule has 29 heavy (non-hydrogen) atoms. The Labute approximate surface area is 175 Å². The van der Waals surface area contributed by atoms with Gasteiger partial charge in [-0.1, -0.05) is 70.2 Å². The standard InChI is InChI=1S/C25H34N2O2/c1-23(2)22(24(3,4)25(23,28)19-11-7-6-8-12-19)27-17-15-26(16-18-27)20-13-9-10-14-21(20)29-5/h6-14,22,28H,15-18H2,1-5H3. The van der Waals surface area contributed by atoms with E-state index in [2.05, 4.69) is 61.8 Å². The highest BCUT2D eigenvalue weighted by molar-refractivity contribution is 5.58. The van der Waals surface area contributed by atoms with Gasteiger partial charge in [-0.25, -0.2) is 0 Å². The first-order valence-electron chi connectivity index (χ1n) is 10.6. The predicted molar refractivity (Wildman–Crippen MR) is 118 cm³/mol. The molecule has 2 aromatic rings. The molecular formula is C25H34N2O2. The van der Waals surface area contributed by atoms with Crippen LogP contribution in [0.5, 0.6) is 5.75 Å². The monoisotopic (exact) mass is 394 g/mol. The molecule has 0 spiro atoms. The van der Waals surface area contributed by atoms with Gasteiger partial charge in [-0.15, -0.1) is 0 Å². The van der Waals surface area contributed by atoms with E-state index >= 15 is 0 Å². The Morgan fingerprint density at radius 3 is 1.97 bits per heavy atom. The van der Waals surface area contributed by atoms with Crippen molar-refractivity contribution in [3.05, 3.63) is 60.2 Å². The summed E-state index contributed by atoms with van der Waals surface area (Å²) in [6.45, 7) is 12.8. The van der Waals surface area contributed by atoms with Crippen LogP contribution in [0.25, 0.3) is 0 Å². The van der Waals surface area contributed by atoms with E-state index in [-0.39, 0.29) is 10.8 Å². The van der Waals surface area contributed by atoms with Crippen molar-refractivity contribution in [2.45, 2.75) is 39.3 Å². The Balaban J connectivity index is 1.53. The summed E-state index contributed by atoms with van der Waals surface area (Å²) in [4.78, 5) is 5.00. The van der Waals surface area contributed by atoms with Crippen molar-refractivity contribution >= 4 is 5.69 Å². The van der Waals surface area contributed by atoms with Gasteiger partial charge in [-0.2, -0.15) is 0 Å². The van der Waals surface area contributed by atoms with Gasteiger partial charge >= 0.3 is 0 Å². The van der Waals surface area contributed by atoms with Gasteiger partial charge in [0.25, 0.3) is 0 Å². The van der Waals surface area contributed by atoms with Gasteiger partial charge in [0.2, 0.25) is 0 Å². The summed E-state index contributed by atoms with van der Waals surface area (Å²) in [5.41, 5.74) is 0.891. The van der Waals surface area contributed by atoms with E-state index in [1.807, 2.05) is 30.3 Å². The molecule has 0 radical (unpaired) electrons. The first-order valence-corrected chi connectivity index (χ1v) is 10.6. The van der Waals surface area contributed by atoms with Crippen LogP contribution in [-0.4, -0.2) is 49.3 Å². The summed E-state index contributed by atoms with van der Waals surface area (Å²) in [5, 5.41) is 11.9. The highest BCUT2D eigenvalue weighted by Crippen LogP contribution is 2.68. The number of nitrogens with zero attached hydrogens (tertiary/aromatic N) is 2. The Morgan fingerprint density at radius 2 is 1.38 bits per heavy atom. The number of piperazine rings is 1. The van der Waals surface area contributed by atoms with Crippen LogP contribution < -0.4 is 9.64 Å². The second-order valence-electron chi connectivity index (χ2n) is 9.62. The maximum Gasteiger partial charge on any atom is 0.142 e. The fourth-order valence-electron chi connectivity index (χ4n) is 6.50. The molecule has 1 N–H and O–H groups in total. The van der Waals surface area contributed by atoms with Crippen LogP contribution in [0.1, 0.15) is 33.3 Å². The van der Waals surface area contributed by atoms with Gasteiger partial charge in [0.15, 0.2) is 0 Å². The van der Waals surface area contributed by atoms with Crippen LogP contribution in [-0.2, 0) is 5.60 Å². The van der Waals surface area contributed by atoms with Gasteiger partial charge in [0, 0.05) is 43.1 Å². The number of ether oxygens (including phenoxy) is 1. The summed E-state index contributed by atoms with van der Waals surface area (Å²) in [6.07, 6.45) is 0. The highest BCUT2D eigenvalue weighted by Gasteiger charge is 2.73. The van der Waals surface area contributed by atoms with Gasteiger partial charge in [-0.3, -0.25) is 4.90 Å². The zero-order chi connectivity index (χ0) is 20.9. The summed E-state index contributed by atoms with van der Waals surface area (Å²) >= 11 is 0. The number of anilines is 1. The Bertz CT molecular complexity index is 838. The average Bonchev–Trinajstić information content (AvgIpc) is 2.73. The third kappa shape index (κ3) is 2.80. The van der Waals surface area contributed by atoms with Gasteiger partial charge < -0.3 is 14.7 Å². The molecule has 4 heteroatoms. The minimum absolute atomic E-state index is 0.232. The molecule has 1 saturated carbocycles. The lowest BCUT2D eigenvalue weighted by Gasteiger charge is -2.72. The highest BCUT2D eigenvalue weighted by atomic mass is 16.5. The predicted octanol–water partition coefficient (Wildman–Crippen LogP) is 4.14. The molecule has 0 unspecified atom stereocenters. The third-order valence-electron chi connectivity index (χ3n) is 7.53. The molecule has 1 saturated heterocycles. The molecule has 0 atom stereocenters. The SMILES string of the molecule is COc1ccccc1N1CCN(C2C(C)(C)C(O)(c3ccccc3)C2(C)C)CC1. The number of benzene rings is 2. The topological polar surface area (TPSA) is 35.9 Å². The van der Waals surface area contributed by atoms with Crippen molar-refractivity contribution in [2.75, 3.05) is 38.2 Å². The third-order valence-corrected chi connectivity index (χ3v) is 7.53. The van der Waals surface area contributed by atoms with Crippen molar-refractivity contribution in [2.24, 2.45) is 10.8 Å². The van der Waals surface area contributed by atoms with Crippen molar-refractivity contribution in [1.29, 1.82) is 0 Å². The second kappa shape index (κ2) is 7.03. The lowest BCUT2D eigenvalue weighted by molar-refractivity contribution is -0.307. The minimum Gasteiger partial charge on any atom is -0.495 e. The second-order valence-corrected chi connectivity index (χ2v) is 9.62. The van der Waals surface area contributed by atoms with Crippen molar-refractivity contribution in [3.8, 4) is 5.75 Å². The van der Waals surface area contributed by atoms with E-state index in [0.717, 1.165) is 37.5 Å². The lowest BCUT2D eigenvalue weighted by Crippen LogP contribution is -2.79. The maximum absolute atomic E-state index is 11.9. The van der Waals surface area contributed by atoms with Gasteiger partial charge in [0.05, 0.1) is 12.8 Å². The zero-order valence-corrected chi connectivity index (χ0v) is 18.4. The first-order chi connectivity index (χ1) is 13.7. The molecule has 0 aromatic heterocycles. The van der Waals surface area contributed by atoms with E-state index in [9.17, 15) is 5.11 Å². The molecule has 2 fully saturated rings. The average molecular weight is 395 g/mol. The number of aliphatic hydroxyl groups is 1. The van der Waals surface area contributed by atoms with Crippen LogP contribution in [0.2, 0.25) is 0 Å². The van der Waals surface area contributed by atoms with Crippen molar-refractivity contribution in [1.82, 2.24) is 4.90 Å². The molecule has 2 aromatic carbocycles.